The number of nitrogens with two attached hydrogens (primary N) is 2. The van der Waals surface area contributed by atoms with E-state index in [1.165, 1.54) is 19.1 Å². The van der Waals surface area contributed by atoms with Crippen LogP contribution in [0.5, 0.6) is 0 Å². The van der Waals surface area contributed by atoms with Crippen LogP contribution < -0.4 is 11.5 Å². The number of hydrogen-bond donors (Lipinski definition) is 2. The van der Waals surface area contributed by atoms with E-state index in [0.29, 0.717) is 23.5 Å². The zero-order chi connectivity index (χ0) is 26.6. The zero-order valence-corrected chi connectivity index (χ0v) is 20.1. The topological polar surface area (TPSA) is 103 Å². The molecule has 2 aromatic rings. The smallest absolute Gasteiger partial charge is 0.395 e. The second-order valence-corrected chi connectivity index (χ2v) is 8.46. The summed E-state index contributed by atoms with van der Waals surface area (Å²) in [6.45, 7) is 4.97. The van der Waals surface area contributed by atoms with Gasteiger partial charge in [-0.25, -0.2) is 20.0 Å². The van der Waals surface area contributed by atoms with Crippen LogP contribution in [0.4, 0.5) is 38.0 Å². The molecule has 13 heteroatoms. The Morgan fingerprint density at radius 3 is 1.69 bits per heavy atom. The Labute approximate surface area is 200 Å². The first-order valence-electron chi connectivity index (χ1n) is 9.93. The largest absolute Gasteiger partial charge is 0.430 e. The molecule has 0 aliphatic carbocycles. The van der Waals surface area contributed by atoms with Gasteiger partial charge < -0.3 is 11.5 Å². The second kappa shape index (κ2) is 10.6. The van der Waals surface area contributed by atoms with Gasteiger partial charge >= 0.3 is 12.4 Å². The van der Waals surface area contributed by atoms with Crippen LogP contribution in [-0.2, 0) is 5.41 Å². The van der Waals surface area contributed by atoms with Crippen LogP contribution >= 0.6 is 9.24 Å². The van der Waals surface area contributed by atoms with E-state index in [-0.39, 0.29) is 22.8 Å². The molecule has 0 saturated carbocycles. The van der Waals surface area contributed by atoms with E-state index in [0.717, 1.165) is 0 Å². The van der Waals surface area contributed by atoms with Crippen molar-refractivity contribution in [1.82, 2.24) is 9.97 Å². The Kier molecular flexibility index (Phi) is 8.43. The molecule has 0 aliphatic heterocycles. The predicted molar refractivity (Wildman–Crippen MR) is 127 cm³/mol. The summed E-state index contributed by atoms with van der Waals surface area (Å²) in [4.78, 5) is 16.9. The predicted octanol–water partition coefficient (Wildman–Crippen LogP) is 5.61. The maximum atomic E-state index is 12.6. The van der Waals surface area contributed by atoms with E-state index in [1.807, 2.05) is 0 Å². The Hall–Kier alpha value is -3.27. The molecular weight excluding hydrogens is 493 g/mol. The first kappa shape index (κ1) is 28.0. The summed E-state index contributed by atoms with van der Waals surface area (Å²) in [5.74, 6) is 0.304. The number of nitrogens with zero attached hydrogens (tertiary/aromatic N) is 4. The van der Waals surface area contributed by atoms with Crippen molar-refractivity contribution in [2.45, 2.75) is 38.5 Å². The summed E-state index contributed by atoms with van der Waals surface area (Å²) in [6.07, 6.45) is -7.96. The number of allylic oxidation sites excluding steroid dienone is 4. The minimum absolute atomic E-state index is 0.0101. The molecule has 0 fully saturated rings. The lowest BCUT2D eigenvalue weighted by Crippen LogP contribution is -2.22. The molecule has 2 aromatic heterocycles. The van der Waals surface area contributed by atoms with Gasteiger partial charge in [-0.1, -0.05) is 21.4 Å². The van der Waals surface area contributed by atoms with Gasteiger partial charge in [-0.05, 0) is 57.2 Å². The fraction of sp³-hybridized carbons (Fsp3) is 0.273. The van der Waals surface area contributed by atoms with Crippen molar-refractivity contribution >= 4 is 32.0 Å². The van der Waals surface area contributed by atoms with Crippen molar-refractivity contribution in [1.29, 1.82) is 0 Å². The van der Waals surface area contributed by atoms with Crippen molar-refractivity contribution in [3.05, 3.63) is 71.3 Å². The maximum Gasteiger partial charge on any atom is 0.430 e. The molecule has 4 N–H and O–H groups in total. The van der Waals surface area contributed by atoms with Crippen molar-refractivity contribution < 1.29 is 26.3 Å². The van der Waals surface area contributed by atoms with Gasteiger partial charge in [-0.3, -0.25) is 0 Å². The molecule has 0 bridgehead atoms. The highest BCUT2D eigenvalue weighted by Crippen LogP contribution is 2.31. The third-order valence-corrected chi connectivity index (χ3v) is 4.90. The Bertz CT molecular complexity index is 1100. The molecule has 0 aromatic carbocycles. The number of rotatable bonds is 6. The van der Waals surface area contributed by atoms with E-state index in [1.54, 1.807) is 38.1 Å². The van der Waals surface area contributed by atoms with E-state index < -0.39 is 29.2 Å². The molecule has 1 atom stereocenters. The lowest BCUT2D eigenvalue weighted by atomic mass is 9.84. The standard InChI is InChI=1S/C22H23F6N6P/c1-12(10-13(29)21(23,24)25)31-17-8-4-6-15(32-17)20(2,3)16-7-5-9-18(33-16)34-19(35)11-14(30)22(26,27)28/h4-11H,29-30,35H2,1-3H3. The quantitative estimate of drug-likeness (QED) is 0.296. The number of aliphatic imine (C=N–C) groups is 2. The summed E-state index contributed by atoms with van der Waals surface area (Å²) in [7, 11) is 2.06. The van der Waals surface area contributed by atoms with Crippen molar-refractivity contribution in [3.63, 3.8) is 0 Å². The fourth-order valence-electron chi connectivity index (χ4n) is 2.72. The minimum Gasteiger partial charge on any atom is -0.395 e. The Morgan fingerprint density at radius 2 is 1.23 bits per heavy atom. The molecule has 6 nitrogen and oxygen atoms in total. The molecule has 0 spiro atoms. The molecule has 2 heterocycles. The van der Waals surface area contributed by atoms with Gasteiger partial charge in [0.2, 0.25) is 0 Å². The summed E-state index contributed by atoms with van der Waals surface area (Å²) in [6, 6.07) is 9.69. The zero-order valence-electron chi connectivity index (χ0n) is 18.9. The van der Waals surface area contributed by atoms with Crippen LogP contribution in [-0.4, -0.2) is 33.5 Å². The van der Waals surface area contributed by atoms with Gasteiger partial charge in [0.1, 0.15) is 11.4 Å². The van der Waals surface area contributed by atoms with Gasteiger partial charge in [-0.15, -0.1) is 0 Å². The van der Waals surface area contributed by atoms with Gasteiger partial charge in [0.15, 0.2) is 11.6 Å². The van der Waals surface area contributed by atoms with Crippen LogP contribution in [0.1, 0.15) is 32.2 Å². The molecule has 0 saturated heterocycles. The highest BCUT2D eigenvalue weighted by atomic mass is 31.0. The third-order valence-electron chi connectivity index (χ3n) is 4.61. The summed E-state index contributed by atoms with van der Waals surface area (Å²) >= 11 is 0. The fourth-order valence-corrected chi connectivity index (χ4v) is 3.04. The van der Waals surface area contributed by atoms with Crippen LogP contribution in [0, 0.1) is 0 Å². The molecular formula is C22H23F6N6P. The van der Waals surface area contributed by atoms with E-state index in [2.05, 4.69) is 29.2 Å². The van der Waals surface area contributed by atoms with Crippen molar-refractivity contribution in [2.24, 2.45) is 21.5 Å². The summed E-state index contributed by atoms with van der Waals surface area (Å²) in [5.41, 5.74) is 7.58. The highest BCUT2D eigenvalue weighted by molar-refractivity contribution is 7.41. The minimum atomic E-state index is -4.68. The number of aromatic nitrogens is 2. The highest BCUT2D eigenvalue weighted by Gasteiger charge is 2.32. The van der Waals surface area contributed by atoms with Gasteiger partial charge in [0.05, 0.1) is 16.8 Å². The van der Waals surface area contributed by atoms with Crippen LogP contribution in [0.3, 0.4) is 0 Å². The Morgan fingerprint density at radius 1 is 0.800 bits per heavy atom. The van der Waals surface area contributed by atoms with E-state index in [4.69, 9.17) is 11.5 Å². The summed E-state index contributed by atoms with van der Waals surface area (Å²) < 4.78 is 75.8. The lowest BCUT2D eigenvalue weighted by molar-refractivity contribution is -0.0933. The normalized spacial score (nSPS) is 14.9. The van der Waals surface area contributed by atoms with Gasteiger partial charge in [0, 0.05) is 11.1 Å². The molecule has 0 radical (unpaired) electrons. The Balaban J connectivity index is 2.39. The average molecular weight is 516 g/mol. The van der Waals surface area contributed by atoms with Crippen LogP contribution in [0.15, 0.2) is 69.9 Å². The lowest BCUT2D eigenvalue weighted by Gasteiger charge is -2.24. The van der Waals surface area contributed by atoms with Crippen LogP contribution in [0.25, 0.3) is 0 Å². The number of alkyl halides is 6. The molecule has 1 unspecified atom stereocenters. The van der Waals surface area contributed by atoms with Crippen molar-refractivity contribution in [3.8, 4) is 0 Å². The monoisotopic (exact) mass is 516 g/mol. The van der Waals surface area contributed by atoms with E-state index >= 15 is 0 Å². The molecule has 188 valence electrons. The average Bonchev–Trinajstić information content (AvgIpc) is 2.72. The van der Waals surface area contributed by atoms with Crippen LogP contribution in [0.2, 0.25) is 0 Å². The number of halogens is 6. The molecule has 0 amide bonds. The number of pyridine rings is 2. The van der Waals surface area contributed by atoms with Gasteiger partial charge in [-0.2, -0.15) is 26.3 Å². The first-order chi connectivity index (χ1) is 16.0. The molecule has 35 heavy (non-hydrogen) atoms. The second-order valence-electron chi connectivity index (χ2n) is 7.87. The first-order valence-corrected chi connectivity index (χ1v) is 10.5. The maximum absolute atomic E-state index is 12.6. The molecule has 2 rings (SSSR count). The molecule has 0 aliphatic rings. The van der Waals surface area contributed by atoms with Gasteiger partial charge in [0.25, 0.3) is 0 Å². The summed E-state index contributed by atoms with van der Waals surface area (Å²) in [5, 5.41) is 0. The third kappa shape index (κ3) is 7.88. The SMILES string of the molecule is CC(C=C(N)C(F)(F)F)=Nc1cccc(C(C)(C)c2cccc(N=C(P)C=C(N)C(F)(F)F)n2)n1. The van der Waals surface area contributed by atoms with E-state index in [9.17, 15) is 26.3 Å². The van der Waals surface area contributed by atoms with Crippen molar-refractivity contribution in [2.75, 3.05) is 0 Å². The number of hydrogen-bond acceptors (Lipinski definition) is 6.